The largest absolute Gasteiger partial charge is 0.359 e. The maximum absolute atomic E-state index is 13.8. The molecule has 0 bridgehead atoms. The van der Waals surface area contributed by atoms with Gasteiger partial charge in [-0.1, -0.05) is 0 Å². The lowest BCUT2D eigenvalue weighted by Gasteiger charge is -2.41. The molecule has 7 heteroatoms. The number of hydrogen-bond acceptors (Lipinski definition) is 3. The predicted octanol–water partition coefficient (Wildman–Crippen LogP) is 1.57. The first-order valence-electron chi connectivity index (χ1n) is 6.11. The molecule has 1 atom stereocenters. The highest BCUT2D eigenvalue weighted by Gasteiger charge is 2.42. The van der Waals surface area contributed by atoms with Gasteiger partial charge in [0, 0.05) is 6.54 Å². The van der Waals surface area contributed by atoms with Crippen LogP contribution in [0.3, 0.4) is 0 Å². The fourth-order valence-electron chi connectivity index (χ4n) is 2.17. The van der Waals surface area contributed by atoms with Crippen molar-refractivity contribution in [1.29, 1.82) is 0 Å². The second-order valence-corrected chi connectivity index (χ2v) is 5.10. The van der Waals surface area contributed by atoms with Crippen molar-refractivity contribution in [2.45, 2.75) is 25.6 Å². The monoisotopic (exact) mass is 288 g/mol. The van der Waals surface area contributed by atoms with E-state index in [9.17, 15) is 18.0 Å². The number of halogens is 3. The van der Waals surface area contributed by atoms with Crippen molar-refractivity contribution in [3.63, 3.8) is 0 Å². The van der Waals surface area contributed by atoms with E-state index in [-0.39, 0.29) is 18.8 Å². The summed E-state index contributed by atoms with van der Waals surface area (Å²) < 4.78 is 45.6. The van der Waals surface area contributed by atoms with Crippen LogP contribution in [0.1, 0.15) is 13.8 Å². The zero-order valence-corrected chi connectivity index (χ0v) is 11.1. The van der Waals surface area contributed by atoms with Crippen LogP contribution in [-0.4, -0.2) is 30.7 Å². The van der Waals surface area contributed by atoms with E-state index in [1.807, 2.05) is 0 Å². The number of morpholine rings is 1. The van der Waals surface area contributed by atoms with Crippen LogP contribution in [0.5, 0.6) is 0 Å². The van der Waals surface area contributed by atoms with Crippen LogP contribution in [0.4, 0.5) is 18.9 Å². The summed E-state index contributed by atoms with van der Waals surface area (Å²) in [4.78, 5) is 13.3. The third-order valence-electron chi connectivity index (χ3n) is 3.18. The lowest BCUT2D eigenvalue weighted by molar-refractivity contribution is -0.153. The third kappa shape index (κ3) is 2.38. The topological polar surface area (TPSA) is 55.6 Å². The van der Waals surface area contributed by atoms with Gasteiger partial charge in [-0.3, -0.25) is 4.79 Å². The van der Waals surface area contributed by atoms with Crippen LogP contribution in [0.2, 0.25) is 0 Å². The molecule has 0 aliphatic carbocycles. The number of carbonyl (C=O) groups excluding carboxylic acids is 1. The first-order chi connectivity index (χ1) is 9.27. The minimum Gasteiger partial charge on any atom is -0.359 e. The SMILES string of the molecule is CC1(C)OC(CN)CN(c2ccc(F)c(F)c2F)C1=O. The lowest BCUT2D eigenvalue weighted by Crippen LogP contribution is -2.59. The molecular weight excluding hydrogens is 273 g/mol. The van der Waals surface area contributed by atoms with Crippen LogP contribution in [-0.2, 0) is 9.53 Å². The Bertz CT molecular complexity index is 549. The van der Waals surface area contributed by atoms with Gasteiger partial charge in [-0.2, -0.15) is 0 Å². The molecule has 2 rings (SSSR count). The van der Waals surface area contributed by atoms with E-state index >= 15 is 0 Å². The summed E-state index contributed by atoms with van der Waals surface area (Å²) in [5.74, 6) is -4.84. The van der Waals surface area contributed by atoms with Crippen LogP contribution in [0.15, 0.2) is 12.1 Å². The minimum absolute atomic E-state index is 0.0131. The van der Waals surface area contributed by atoms with E-state index in [1.165, 1.54) is 13.8 Å². The predicted molar refractivity (Wildman–Crippen MR) is 66.7 cm³/mol. The molecule has 0 aromatic heterocycles. The van der Waals surface area contributed by atoms with Crippen molar-refractivity contribution >= 4 is 11.6 Å². The summed E-state index contributed by atoms with van der Waals surface area (Å²) in [6.07, 6.45) is -0.504. The van der Waals surface area contributed by atoms with Gasteiger partial charge in [0.2, 0.25) is 0 Å². The molecule has 0 saturated carbocycles. The lowest BCUT2D eigenvalue weighted by atomic mass is 10.0. The second kappa shape index (κ2) is 5.06. The molecule has 0 radical (unpaired) electrons. The van der Waals surface area contributed by atoms with Crippen molar-refractivity contribution in [3.05, 3.63) is 29.6 Å². The molecule has 20 heavy (non-hydrogen) atoms. The zero-order valence-electron chi connectivity index (χ0n) is 11.1. The first-order valence-corrected chi connectivity index (χ1v) is 6.11. The van der Waals surface area contributed by atoms with E-state index in [0.29, 0.717) is 0 Å². The Hall–Kier alpha value is -1.60. The van der Waals surface area contributed by atoms with E-state index < -0.39 is 35.1 Å². The Balaban J connectivity index is 2.45. The Labute approximate surface area is 114 Å². The zero-order chi connectivity index (χ0) is 15.1. The number of carbonyl (C=O) groups is 1. The molecule has 4 nitrogen and oxygen atoms in total. The number of amides is 1. The van der Waals surface area contributed by atoms with Crippen molar-refractivity contribution in [2.24, 2.45) is 5.73 Å². The Morgan fingerprint density at radius 2 is 2.00 bits per heavy atom. The minimum atomic E-state index is -1.61. The quantitative estimate of drug-likeness (QED) is 0.841. The number of nitrogens with two attached hydrogens (primary N) is 1. The van der Waals surface area contributed by atoms with Gasteiger partial charge in [0.25, 0.3) is 5.91 Å². The van der Waals surface area contributed by atoms with Crippen molar-refractivity contribution in [2.75, 3.05) is 18.0 Å². The van der Waals surface area contributed by atoms with E-state index in [4.69, 9.17) is 10.5 Å². The van der Waals surface area contributed by atoms with Gasteiger partial charge in [0.05, 0.1) is 18.3 Å². The fourth-order valence-corrected chi connectivity index (χ4v) is 2.17. The second-order valence-electron chi connectivity index (χ2n) is 5.10. The van der Waals surface area contributed by atoms with E-state index in [0.717, 1.165) is 17.0 Å². The highest BCUT2D eigenvalue weighted by Crippen LogP contribution is 2.30. The average molecular weight is 288 g/mol. The van der Waals surface area contributed by atoms with Gasteiger partial charge in [0.1, 0.15) is 5.60 Å². The van der Waals surface area contributed by atoms with Gasteiger partial charge >= 0.3 is 0 Å². The summed E-state index contributed by atoms with van der Waals surface area (Å²) >= 11 is 0. The highest BCUT2D eigenvalue weighted by molar-refractivity contribution is 5.99. The van der Waals surface area contributed by atoms with Gasteiger partial charge in [-0.25, -0.2) is 13.2 Å². The summed E-state index contributed by atoms with van der Waals surface area (Å²) in [6.45, 7) is 3.14. The number of nitrogens with zero attached hydrogens (tertiary/aromatic N) is 1. The molecule has 1 unspecified atom stereocenters. The number of rotatable bonds is 2. The molecule has 110 valence electrons. The highest BCUT2D eigenvalue weighted by atomic mass is 19.2. The molecule has 1 aliphatic heterocycles. The van der Waals surface area contributed by atoms with Crippen molar-refractivity contribution in [3.8, 4) is 0 Å². The van der Waals surface area contributed by atoms with Gasteiger partial charge in [-0.15, -0.1) is 0 Å². The van der Waals surface area contributed by atoms with Crippen molar-refractivity contribution < 1.29 is 22.7 Å². The molecule has 0 spiro atoms. The number of anilines is 1. The van der Waals surface area contributed by atoms with Crippen molar-refractivity contribution in [1.82, 2.24) is 0 Å². The smallest absolute Gasteiger partial charge is 0.258 e. The van der Waals surface area contributed by atoms with Gasteiger partial charge < -0.3 is 15.4 Å². The Morgan fingerprint density at radius 3 is 2.60 bits per heavy atom. The normalized spacial score (nSPS) is 22.2. The van der Waals surface area contributed by atoms with Crippen LogP contribution < -0.4 is 10.6 Å². The summed E-state index contributed by atoms with van der Waals surface area (Å²) in [7, 11) is 0. The Morgan fingerprint density at radius 1 is 1.35 bits per heavy atom. The maximum Gasteiger partial charge on any atom is 0.258 e. The molecular formula is C13H15F3N2O2. The molecule has 1 fully saturated rings. The first kappa shape index (κ1) is 14.8. The summed E-state index contributed by atoms with van der Waals surface area (Å²) in [5, 5.41) is 0. The summed E-state index contributed by atoms with van der Waals surface area (Å²) in [6, 6.07) is 1.81. The number of ether oxygens (including phenoxy) is 1. The Kier molecular flexibility index (Phi) is 3.75. The molecule has 2 N–H and O–H groups in total. The molecule has 1 saturated heterocycles. The van der Waals surface area contributed by atoms with E-state index in [1.54, 1.807) is 0 Å². The summed E-state index contributed by atoms with van der Waals surface area (Å²) in [5.41, 5.74) is 3.99. The fraction of sp³-hybridized carbons (Fsp3) is 0.462. The van der Waals surface area contributed by atoms with Crippen LogP contribution >= 0.6 is 0 Å². The van der Waals surface area contributed by atoms with Gasteiger partial charge in [-0.05, 0) is 26.0 Å². The van der Waals surface area contributed by atoms with Crippen LogP contribution in [0, 0.1) is 17.5 Å². The standard InChI is InChI=1S/C13H15F3N2O2/c1-13(2)12(19)18(6-7(5-17)20-13)9-4-3-8(14)10(15)11(9)16/h3-4,7H,5-6,17H2,1-2H3. The van der Waals surface area contributed by atoms with E-state index in [2.05, 4.69) is 0 Å². The average Bonchev–Trinajstić information content (AvgIpc) is 2.40. The molecule has 1 amide bonds. The number of hydrogen-bond donors (Lipinski definition) is 1. The third-order valence-corrected chi connectivity index (χ3v) is 3.18. The molecule has 1 aromatic carbocycles. The van der Waals surface area contributed by atoms with Gasteiger partial charge in [0.15, 0.2) is 17.5 Å². The van der Waals surface area contributed by atoms with Crippen LogP contribution in [0.25, 0.3) is 0 Å². The molecule has 1 heterocycles. The maximum atomic E-state index is 13.8. The molecule has 1 aliphatic rings. The number of benzene rings is 1. The molecule has 1 aromatic rings.